The van der Waals surface area contributed by atoms with Gasteiger partial charge in [0.1, 0.15) is 42.3 Å². The van der Waals surface area contributed by atoms with Gasteiger partial charge in [-0.2, -0.15) is 11.8 Å². The summed E-state index contributed by atoms with van der Waals surface area (Å²) < 4.78 is 0. The number of hydrogen-bond acceptors (Lipinski definition) is 16. The van der Waals surface area contributed by atoms with E-state index in [1.165, 1.54) is 18.7 Å². The molecule has 72 heavy (non-hydrogen) atoms. The molecule has 0 saturated carbocycles. The maximum absolute atomic E-state index is 14.1. The molecular formula is C40H70N16O15S. The third kappa shape index (κ3) is 28.9. The van der Waals surface area contributed by atoms with Crippen molar-refractivity contribution >= 4 is 94.8 Å². The molecule has 0 spiro atoms. The largest absolute Gasteiger partial charge is 0.481 e. The summed E-state index contributed by atoms with van der Waals surface area (Å²) in [6, 6.07) is -12.1. The van der Waals surface area contributed by atoms with Crippen molar-refractivity contribution in [2.45, 2.75) is 139 Å². The van der Waals surface area contributed by atoms with Crippen LogP contribution in [0.1, 0.15) is 90.4 Å². The molecule has 406 valence electrons. The number of amides is 9. The van der Waals surface area contributed by atoms with E-state index in [2.05, 4.69) is 47.2 Å². The van der Waals surface area contributed by atoms with Crippen molar-refractivity contribution in [3.63, 3.8) is 0 Å². The van der Waals surface area contributed by atoms with E-state index in [1.807, 2.05) is 0 Å². The van der Waals surface area contributed by atoms with E-state index >= 15 is 0 Å². The minimum atomic E-state index is -1.64. The van der Waals surface area contributed by atoms with E-state index in [0.717, 1.165) is 0 Å². The molecule has 0 aliphatic heterocycles. The first kappa shape index (κ1) is 64.5. The Balaban J connectivity index is 6.81. The van der Waals surface area contributed by atoms with Gasteiger partial charge in [0.2, 0.25) is 53.2 Å². The van der Waals surface area contributed by atoms with Crippen molar-refractivity contribution in [2.75, 3.05) is 25.1 Å². The number of guanidine groups is 2. The third-order valence-corrected chi connectivity index (χ3v) is 10.7. The molecular weight excluding hydrogens is 977 g/mol. The minimum absolute atomic E-state index is 0.0282. The molecule has 0 saturated heterocycles. The van der Waals surface area contributed by atoms with Gasteiger partial charge in [-0.05, 0) is 76.7 Å². The quantitative estimate of drug-likeness (QED) is 0.0155. The molecule has 0 unspecified atom stereocenters. The Hall–Kier alpha value is -7.51. The van der Waals surface area contributed by atoms with Crippen LogP contribution in [0.2, 0.25) is 0 Å². The summed E-state index contributed by atoms with van der Waals surface area (Å²) in [7, 11) is 0. The predicted octanol–water partition coefficient (Wildman–Crippen LogP) is -7.07. The number of carbonyl (C=O) groups is 12. The highest BCUT2D eigenvalue weighted by Crippen LogP contribution is 2.10. The molecule has 24 N–H and O–H groups in total. The van der Waals surface area contributed by atoms with E-state index < -0.39 is 152 Å². The Bertz CT molecular complexity index is 1970. The van der Waals surface area contributed by atoms with Crippen LogP contribution in [-0.4, -0.2) is 172 Å². The molecule has 31 nitrogen and oxygen atoms in total. The van der Waals surface area contributed by atoms with Gasteiger partial charge in [-0.3, -0.25) is 62.7 Å². The van der Waals surface area contributed by atoms with E-state index in [-0.39, 0.29) is 82.1 Å². The topological polar surface area (TPSA) is 557 Å². The summed E-state index contributed by atoms with van der Waals surface area (Å²) in [5, 5.41) is 44.5. The lowest BCUT2D eigenvalue weighted by atomic mass is 10.0. The van der Waals surface area contributed by atoms with E-state index in [9.17, 15) is 67.7 Å². The fraction of sp³-hybridized carbons (Fsp3) is 0.650. The third-order valence-electron chi connectivity index (χ3n) is 10.0. The number of carboxylic acids is 3. The summed E-state index contributed by atoms with van der Waals surface area (Å²) >= 11 is 1.25. The smallest absolute Gasteiger partial charge is 0.326 e. The summed E-state index contributed by atoms with van der Waals surface area (Å²) in [5.74, 6) is -13.2. The average Bonchev–Trinajstić information content (AvgIpc) is 3.29. The van der Waals surface area contributed by atoms with Gasteiger partial charge in [-0.25, -0.2) is 4.79 Å². The molecule has 9 amide bonds. The van der Waals surface area contributed by atoms with Crippen LogP contribution >= 0.6 is 11.8 Å². The van der Waals surface area contributed by atoms with Gasteiger partial charge in [0.25, 0.3) is 0 Å². The Morgan fingerprint density at radius 1 is 0.444 bits per heavy atom. The second kappa shape index (κ2) is 34.7. The van der Waals surface area contributed by atoms with Crippen LogP contribution in [0.15, 0.2) is 9.98 Å². The zero-order valence-electron chi connectivity index (χ0n) is 40.0. The molecule has 0 rings (SSSR count). The normalized spacial score (nSPS) is 14.0. The van der Waals surface area contributed by atoms with E-state index in [0.29, 0.717) is 0 Å². The van der Waals surface area contributed by atoms with Gasteiger partial charge in [-0.15, -0.1) is 0 Å². The number of primary amides is 2. The highest BCUT2D eigenvalue weighted by atomic mass is 32.2. The Labute approximate surface area is 417 Å². The molecule has 0 aromatic heterocycles. The van der Waals surface area contributed by atoms with Crippen molar-refractivity contribution in [3.8, 4) is 0 Å². The molecule has 0 bridgehead atoms. The number of thioether (sulfide) groups is 1. The zero-order chi connectivity index (χ0) is 55.1. The first-order chi connectivity index (χ1) is 33.7. The Morgan fingerprint density at radius 3 is 1.15 bits per heavy atom. The summed E-state index contributed by atoms with van der Waals surface area (Å²) in [6.07, 6.45) is -2.32. The second-order valence-electron chi connectivity index (χ2n) is 16.1. The monoisotopic (exact) mass is 1050 g/mol. The second-order valence-corrected chi connectivity index (χ2v) is 17.1. The number of nitrogens with zero attached hydrogens (tertiary/aromatic N) is 2. The highest BCUT2D eigenvalue weighted by Gasteiger charge is 2.34. The summed E-state index contributed by atoms with van der Waals surface area (Å²) in [4.78, 5) is 160. The standard InChI is InChI=1S/C40H70N16O15S/c1-19(31(63)56-26(38(70)71)9-12-28(43)58)50-33(65)21(5-3-16-48-39(44)45)52-34(66)22(6-4-17-49-40(46)47)53-35(67)23(8-11-27(42)57)54-37(69)25(15-18-72-2)55-36(68)24(10-14-30(61)62)51-32(64)20(41)7-13-29(59)60/h19-26H,3-18,41H2,1-2H3,(H2,42,57)(H2,43,58)(H,50,65)(H,51,64)(H,52,66)(H,53,67)(H,54,69)(H,55,68)(H,56,63)(H,59,60)(H,61,62)(H,70,71)(H4,44,45,48)(H4,46,47,49)/t19-,20-,21-,22-,23-,24-,25-,26-/m0/s1. The SMILES string of the molecule is CSCC[C@H](NC(=O)[C@H](CCC(=O)O)NC(=O)[C@@H](N)CCC(=O)O)C(=O)N[C@@H](CCC(N)=O)C(=O)N[C@@H](CCCN=C(N)N)C(=O)N[C@@H](CCCN=C(N)N)C(=O)N[C@@H](C)C(=O)N[C@@H](CCC(N)=O)C(=O)O. The van der Waals surface area contributed by atoms with Crippen LogP contribution in [0.3, 0.4) is 0 Å². The molecule has 32 heteroatoms. The van der Waals surface area contributed by atoms with Gasteiger partial charge in [0.15, 0.2) is 11.9 Å². The number of rotatable bonds is 38. The van der Waals surface area contributed by atoms with Crippen molar-refractivity contribution in [3.05, 3.63) is 0 Å². The summed E-state index contributed by atoms with van der Waals surface area (Å²) in [5.41, 5.74) is 38.0. The first-order valence-electron chi connectivity index (χ1n) is 22.4. The molecule has 0 aliphatic rings. The van der Waals surface area contributed by atoms with E-state index in [1.54, 1.807) is 6.26 Å². The minimum Gasteiger partial charge on any atom is -0.481 e. The lowest BCUT2D eigenvalue weighted by molar-refractivity contribution is -0.142. The zero-order valence-corrected chi connectivity index (χ0v) is 40.8. The highest BCUT2D eigenvalue weighted by molar-refractivity contribution is 7.98. The van der Waals surface area contributed by atoms with Gasteiger partial charge >= 0.3 is 17.9 Å². The molecule has 8 atom stereocenters. The van der Waals surface area contributed by atoms with Crippen LogP contribution in [0.25, 0.3) is 0 Å². The molecule has 0 aromatic carbocycles. The molecule has 0 radical (unpaired) electrons. The lowest BCUT2D eigenvalue weighted by Crippen LogP contribution is -2.60. The molecule has 0 aliphatic carbocycles. The maximum atomic E-state index is 14.1. The van der Waals surface area contributed by atoms with E-state index in [4.69, 9.17) is 45.2 Å². The van der Waals surface area contributed by atoms with Crippen molar-refractivity contribution in [1.29, 1.82) is 0 Å². The fourth-order valence-electron chi connectivity index (χ4n) is 6.14. The molecule has 0 aromatic rings. The van der Waals surface area contributed by atoms with Gasteiger partial charge in [-0.1, -0.05) is 0 Å². The molecule has 0 fully saturated rings. The van der Waals surface area contributed by atoms with Crippen LogP contribution in [0, 0.1) is 0 Å². The number of aliphatic carboxylic acids is 3. The lowest BCUT2D eigenvalue weighted by Gasteiger charge is -2.27. The number of carbonyl (C=O) groups excluding carboxylic acids is 9. The van der Waals surface area contributed by atoms with Crippen molar-refractivity contribution in [2.24, 2.45) is 50.1 Å². The fourth-order valence-corrected chi connectivity index (χ4v) is 6.61. The number of nitrogens with two attached hydrogens (primary N) is 7. The number of hydrogen-bond donors (Lipinski definition) is 17. The van der Waals surface area contributed by atoms with Gasteiger partial charge in [0, 0.05) is 38.8 Å². The Morgan fingerprint density at radius 2 is 0.778 bits per heavy atom. The van der Waals surface area contributed by atoms with Gasteiger partial charge in [0.05, 0.1) is 6.04 Å². The van der Waals surface area contributed by atoms with Crippen LogP contribution in [0.5, 0.6) is 0 Å². The number of nitrogens with one attached hydrogen (secondary N) is 7. The van der Waals surface area contributed by atoms with Crippen LogP contribution in [0.4, 0.5) is 0 Å². The Kier molecular flexibility index (Phi) is 31.1. The summed E-state index contributed by atoms with van der Waals surface area (Å²) in [6.45, 7) is 1.12. The van der Waals surface area contributed by atoms with Crippen LogP contribution < -0.4 is 77.4 Å². The molecule has 0 heterocycles. The van der Waals surface area contributed by atoms with Gasteiger partial charge < -0.3 is 92.7 Å². The first-order valence-corrected chi connectivity index (χ1v) is 23.8. The van der Waals surface area contributed by atoms with Crippen molar-refractivity contribution in [1.82, 2.24) is 37.2 Å². The average molecular weight is 1050 g/mol. The predicted molar refractivity (Wildman–Crippen MR) is 258 cm³/mol. The van der Waals surface area contributed by atoms with Crippen molar-refractivity contribution < 1.29 is 72.9 Å². The number of carboxylic acid groups (broad SMARTS) is 3. The number of aliphatic imine (C=N–C) groups is 2. The van der Waals surface area contributed by atoms with Crippen LogP contribution in [-0.2, 0) is 57.5 Å². The maximum Gasteiger partial charge on any atom is 0.326 e.